The predicted molar refractivity (Wildman–Crippen MR) is 133 cm³/mol. The predicted octanol–water partition coefficient (Wildman–Crippen LogP) is 6.09. The maximum Gasteiger partial charge on any atom is 0.247 e. The summed E-state index contributed by atoms with van der Waals surface area (Å²) >= 11 is 7.72. The molecule has 4 aromatic rings. The number of benzene rings is 3. The average Bonchev–Trinajstić information content (AvgIpc) is 3.01. The SMILES string of the molecule is CCOc1cc(C2Nc3ccccc3-c3nnc(SCc4ccccc4Cl)nc3O2)ccc1O. The van der Waals surface area contributed by atoms with Gasteiger partial charge in [0.2, 0.25) is 11.0 Å². The van der Waals surface area contributed by atoms with Gasteiger partial charge < -0.3 is 19.9 Å². The van der Waals surface area contributed by atoms with Crippen LogP contribution < -0.4 is 14.8 Å². The van der Waals surface area contributed by atoms with Crippen molar-refractivity contribution in [2.24, 2.45) is 0 Å². The summed E-state index contributed by atoms with van der Waals surface area (Å²) in [4.78, 5) is 4.67. The Bertz CT molecular complexity index is 1340. The molecule has 0 saturated carbocycles. The molecule has 3 aromatic carbocycles. The molecule has 1 atom stereocenters. The van der Waals surface area contributed by atoms with Crippen LogP contribution in [0.4, 0.5) is 5.69 Å². The van der Waals surface area contributed by atoms with Crippen LogP contribution in [0.1, 0.15) is 24.3 Å². The Labute approximate surface area is 206 Å². The van der Waals surface area contributed by atoms with Gasteiger partial charge in [-0.1, -0.05) is 59.8 Å². The standard InChI is InChI=1S/C25H21ClN4O3S/c1-2-32-21-13-15(11-12-20(21)31)23-27-19-10-6-4-8-17(19)22-24(33-23)28-25(30-29-22)34-14-16-7-3-5-9-18(16)26/h3-13,23,27,31H,2,14H2,1H3. The molecule has 1 aliphatic rings. The highest BCUT2D eigenvalue weighted by atomic mass is 35.5. The summed E-state index contributed by atoms with van der Waals surface area (Å²) in [5.41, 5.74) is 3.99. The van der Waals surface area contributed by atoms with E-state index in [1.807, 2.05) is 55.5 Å². The summed E-state index contributed by atoms with van der Waals surface area (Å²) in [6.07, 6.45) is -0.583. The number of fused-ring (bicyclic) bond motifs is 3. The molecule has 0 spiro atoms. The number of thioether (sulfide) groups is 1. The molecule has 2 N–H and O–H groups in total. The highest BCUT2D eigenvalue weighted by Gasteiger charge is 2.26. The van der Waals surface area contributed by atoms with E-state index in [-0.39, 0.29) is 5.75 Å². The number of phenolic OH excluding ortho intramolecular Hbond substituents is 1. The van der Waals surface area contributed by atoms with Crippen molar-refractivity contribution in [1.82, 2.24) is 15.2 Å². The first-order valence-corrected chi connectivity index (χ1v) is 12.1. The second kappa shape index (κ2) is 9.79. The normalized spacial score (nSPS) is 14.2. The van der Waals surface area contributed by atoms with Gasteiger partial charge in [0.25, 0.3) is 0 Å². The highest BCUT2D eigenvalue weighted by molar-refractivity contribution is 7.98. The number of para-hydroxylation sites is 1. The number of rotatable bonds is 6. The second-order valence-electron chi connectivity index (χ2n) is 7.48. The van der Waals surface area contributed by atoms with E-state index in [9.17, 15) is 5.11 Å². The van der Waals surface area contributed by atoms with Crippen LogP contribution in [0.15, 0.2) is 71.9 Å². The van der Waals surface area contributed by atoms with Crippen molar-refractivity contribution in [2.75, 3.05) is 11.9 Å². The summed E-state index contributed by atoms with van der Waals surface area (Å²) in [5, 5.41) is 23.5. The molecule has 172 valence electrons. The lowest BCUT2D eigenvalue weighted by molar-refractivity contribution is 0.224. The average molecular weight is 493 g/mol. The van der Waals surface area contributed by atoms with Crippen molar-refractivity contribution in [3.05, 3.63) is 82.9 Å². The Morgan fingerprint density at radius 2 is 1.91 bits per heavy atom. The van der Waals surface area contributed by atoms with E-state index in [0.717, 1.165) is 22.4 Å². The Balaban J connectivity index is 1.49. The number of nitrogens with zero attached hydrogens (tertiary/aromatic N) is 3. The molecular formula is C25H21ClN4O3S. The van der Waals surface area contributed by atoms with Crippen LogP contribution in [-0.4, -0.2) is 26.9 Å². The van der Waals surface area contributed by atoms with Crippen LogP contribution in [0.3, 0.4) is 0 Å². The van der Waals surface area contributed by atoms with Gasteiger partial charge in [0.15, 0.2) is 23.4 Å². The second-order valence-corrected chi connectivity index (χ2v) is 8.83. The fourth-order valence-electron chi connectivity index (χ4n) is 3.58. The van der Waals surface area contributed by atoms with Gasteiger partial charge in [-0.25, -0.2) is 0 Å². The Morgan fingerprint density at radius 1 is 1.09 bits per heavy atom. The van der Waals surface area contributed by atoms with E-state index in [4.69, 9.17) is 21.1 Å². The van der Waals surface area contributed by atoms with E-state index in [1.165, 1.54) is 11.8 Å². The third-order valence-electron chi connectivity index (χ3n) is 5.23. The molecule has 0 aliphatic carbocycles. The fraction of sp³-hybridized carbons (Fsp3) is 0.160. The zero-order valence-electron chi connectivity index (χ0n) is 18.2. The van der Waals surface area contributed by atoms with E-state index in [2.05, 4.69) is 20.5 Å². The van der Waals surface area contributed by atoms with Crippen LogP contribution in [0, 0.1) is 0 Å². The first-order chi connectivity index (χ1) is 16.6. The minimum absolute atomic E-state index is 0.0715. The van der Waals surface area contributed by atoms with Gasteiger partial charge in [-0.3, -0.25) is 0 Å². The lowest BCUT2D eigenvalue weighted by Crippen LogP contribution is -2.17. The van der Waals surface area contributed by atoms with Gasteiger partial charge >= 0.3 is 0 Å². The molecule has 0 bridgehead atoms. The molecule has 5 rings (SSSR count). The lowest BCUT2D eigenvalue weighted by atomic mass is 10.1. The molecule has 0 radical (unpaired) electrons. The maximum atomic E-state index is 10.1. The zero-order valence-corrected chi connectivity index (χ0v) is 19.8. The number of aromatic nitrogens is 3. The number of hydrogen-bond donors (Lipinski definition) is 2. The number of nitrogens with one attached hydrogen (secondary N) is 1. The molecule has 2 heterocycles. The molecule has 34 heavy (non-hydrogen) atoms. The molecule has 0 amide bonds. The van der Waals surface area contributed by atoms with Gasteiger partial charge in [0, 0.05) is 27.6 Å². The molecule has 0 saturated heterocycles. The Kier molecular flexibility index (Phi) is 6.42. The monoisotopic (exact) mass is 492 g/mol. The van der Waals surface area contributed by atoms with Crippen molar-refractivity contribution in [2.45, 2.75) is 24.1 Å². The van der Waals surface area contributed by atoms with E-state index in [0.29, 0.717) is 39.9 Å². The van der Waals surface area contributed by atoms with Crippen LogP contribution in [0.2, 0.25) is 5.02 Å². The first kappa shape index (κ1) is 22.3. The van der Waals surface area contributed by atoms with E-state index >= 15 is 0 Å². The topological polar surface area (TPSA) is 89.4 Å². The fourth-order valence-corrected chi connectivity index (χ4v) is 4.65. The number of hydrogen-bond acceptors (Lipinski definition) is 8. The van der Waals surface area contributed by atoms with Gasteiger partial charge in [-0.15, -0.1) is 10.2 Å². The van der Waals surface area contributed by atoms with Crippen molar-refractivity contribution in [3.8, 4) is 28.6 Å². The van der Waals surface area contributed by atoms with Crippen molar-refractivity contribution < 1.29 is 14.6 Å². The minimum Gasteiger partial charge on any atom is -0.504 e. The number of anilines is 1. The first-order valence-electron chi connectivity index (χ1n) is 10.7. The largest absolute Gasteiger partial charge is 0.504 e. The zero-order chi connectivity index (χ0) is 23.5. The van der Waals surface area contributed by atoms with E-state index < -0.39 is 6.23 Å². The number of aromatic hydroxyl groups is 1. The quantitative estimate of drug-likeness (QED) is 0.312. The minimum atomic E-state index is -0.583. The van der Waals surface area contributed by atoms with Gasteiger partial charge in [0.1, 0.15) is 0 Å². The maximum absolute atomic E-state index is 10.1. The molecule has 1 aromatic heterocycles. The van der Waals surface area contributed by atoms with Gasteiger partial charge in [0.05, 0.1) is 6.61 Å². The van der Waals surface area contributed by atoms with Crippen LogP contribution in [0.25, 0.3) is 11.3 Å². The summed E-state index contributed by atoms with van der Waals surface area (Å²) < 4.78 is 11.9. The molecular weight excluding hydrogens is 472 g/mol. The molecule has 9 heteroatoms. The Hall–Kier alpha value is -3.49. The van der Waals surface area contributed by atoms with E-state index in [1.54, 1.807) is 18.2 Å². The number of halogens is 1. The molecule has 1 aliphatic heterocycles. The smallest absolute Gasteiger partial charge is 0.247 e. The third-order valence-corrected chi connectivity index (χ3v) is 6.49. The van der Waals surface area contributed by atoms with Gasteiger partial charge in [-0.05, 0) is 42.8 Å². The molecule has 1 unspecified atom stereocenters. The molecule has 0 fully saturated rings. The van der Waals surface area contributed by atoms with Crippen molar-refractivity contribution >= 4 is 29.1 Å². The number of phenols is 1. The van der Waals surface area contributed by atoms with Crippen molar-refractivity contribution in [1.29, 1.82) is 0 Å². The van der Waals surface area contributed by atoms with Gasteiger partial charge in [-0.2, -0.15) is 4.98 Å². The van der Waals surface area contributed by atoms with Crippen LogP contribution in [0.5, 0.6) is 17.4 Å². The van der Waals surface area contributed by atoms with Crippen LogP contribution >= 0.6 is 23.4 Å². The third kappa shape index (κ3) is 4.60. The van der Waals surface area contributed by atoms with Crippen molar-refractivity contribution in [3.63, 3.8) is 0 Å². The summed E-state index contributed by atoms with van der Waals surface area (Å²) in [6.45, 7) is 2.30. The summed E-state index contributed by atoms with van der Waals surface area (Å²) in [6, 6.07) is 20.6. The summed E-state index contributed by atoms with van der Waals surface area (Å²) in [7, 11) is 0. The van der Waals surface area contributed by atoms with Crippen LogP contribution in [-0.2, 0) is 5.75 Å². The molecule has 7 nitrogen and oxygen atoms in total. The Morgan fingerprint density at radius 3 is 2.76 bits per heavy atom. The summed E-state index contributed by atoms with van der Waals surface area (Å²) in [5.74, 6) is 1.43. The highest BCUT2D eigenvalue weighted by Crippen LogP contribution is 2.41. The number of ether oxygens (including phenoxy) is 2. The lowest BCUT2D eigenvalue weighted by Gasteiger charge is -2.20.